The number of nitrogens with zero attached hydrogens (tertiary/aromatic N) is 1. The van der Waals surface area contributed by atoms with Gasteiger partial charge in [0.25, 0.3) is 5.91 Å². The van der Waals surface area contributed by atoms with E-state index < -0.39 is 17.5 Å². The van der Waals surface area contributed by atoms with Gasteiger partial charge >= 0.3 is 5.97 Å². The molecule has 2 aromatic rings. The van der Waals surface area contributed by atoms with E-state index in [1.54, 1.807) is 24.1 Å². The normalized spacial score (nSPS) is 21.4. The van der Waals surface area contributed by atoms with Gasteiger partial charge in [-0.2, -0.15) is 0 Å². The highest BCUT2D eigenvalue weighted by molar-refractivity contribution is 8.05. The van der Waals surface area contributed by atoms with Crippen molar-refractivity contribution in [1.29, 1.82) is 0 Å². The van der Waals surface area contributed by atoms with Crippen LogP contribution in [0.2, 0.25) is 0 Å². The molecule has 2 unspecified atom stereocenters. The molecule has 3 aliphatic heterocycles. The van der Waals surface area contributed by atoms with E-state index in [9.17, 15) is 9.59 Å². The molecule has 0 aromatic heterocycles. The van der Waals surface area contributed by atoms with Gasteiger partial charge in [0.1, 0.15) is 13.2 Å². The molecule has 1 fully saturated rings. The first-order valence-electron chi connectivity index (χ1n) is 12.3. The van der Waals surface area contributed by atoms with E-state index in [2.05, 4.69) is 5.32 Å². The van der Waals surface area contributed by atoms with Crippen molar-refractivity contribution in [2.45, 2.75) is 38.4 Å². The summed E-state index contributed by atoms with van der Waals surface area (Å²) in [4.78, 5) is 29.0. The number of allylic oxidation sites excluding steroid dienone is 1. The number of benzene rings is 2. The van der Waals surface area contributed by atoms with E-state index in [1.165, 1.54) is 18.9 Å². The topological polar surface area (TPSA) is 95.6 Å². The Hall–Kier alpha value is -3.79. The standard InChI is InChI=1S/C28H30N2O7S/c1-15(2)37-20-9-7-18(14-21(20)33-4)25-24(27(32)34-5)16(3)29-28-30(25)26(31)23(38-28)13-17-6-8-19-22(12-17)36-11-10-35-19/h6-9,12-15,25,28-29H,10-11H2,1-5H3. The summed E-state index contributed by atoms with van der Waals surface area (Å²) in [6.07, 6.45) is 1.78. The zero-order valence-electron chi connectivity index (χ0n) is 21.9. The molecule has 38 heavy (non-hydrogen) atoms. The molecule has 5 rings (SSSR count). The predicted octanol–water partition coefficient (Wildman–Crippen LogP) is 4.25. The summed E-state index contributed by atoms with van der Waals surface area (Å²) >= 11 is 1.39. The van der Waals surface area contributed by atoms with Gasteiger partial charge in [-0.25, -0.2) is 4.79 Å². The first-order chi connectivity index (χ1) is 18.3. The lowest BCUT2D eigenvalue weighted by Crippen LogP contribution is -2.49. The number of carbonyl (C=O) groups is 2. The minimum atomic E-state index is -0.693. The predicted molar refractivity (Wildman–Crippen MR) is 143 cm³/mol. The molecular formula is C28H30N2O7S. The second-order valence-electron chi connectivity index (χ2n) is 9.25. The molecule has 9 nitrogen and oxygen atoms in total. The maximum atomic E-state index is 13.9. The molecule has 2 atom stereocenters. The first kappa shape index (κ1) is 25.8. The molecule has 0 radical (unpaired) electrons. The third-order valence-electron chi connectivity index (χ3n) is 6.37. The molecule has 2 aromatic carbocycles. The van der Waals surface area contributed by atoms with Gasteiger partial charge in [0.05, 0.1) is 36.8 Å². The molecule has 3 heterocycles. The number of amides is 1. The van der Waals surface area contributed by atoms with E-state index in [-0.39, 0.29) is 12.0 Å². The summed E-state index contributed by atoms with van der Waals surface area (Å²) in [6.45, 7) is 6.67. The van der Waals surface area contributed by atoms with Gasteiger partial charge in [0.15, 0.2) is 28.5 Å². The minimum absolute atomic E-state index is 0.0457. The Labute approximate surface area is 225 Å². The molecule has 1 amide bonds. The lowest BCUT2D eigenvalue weighted by atomic mass is 9.93. The number of fused-ring (bicyclic) bond motifs is 2. The summed E-state index contributed by atoms with van der Waals surface area (Å²) in [5, 5.41) is 3.31. The molecule has 0 aliphatic carbocycles. The lowest BCUT2D eigenvalue weighted by molar-refractivity contribution is -0.138. The Kier molecular flexibility index (Phi) is 7.16. The number of rotatable bonds is 6. The molecule has 0 bridgehead atoms. The van der Waals surface area contributed by atoms with Crippen molar-refractivity contribution in [3.8, 4) is 23.0 Å². The van der Waals surface area contributed by atoms with Crippen molar-refractivity contribution >= 4 is 29.7 Å². The molecule has 200 valence electrons. The molecule has 1 saturated heterocycles. The number of nitrogens with one attached hydrogen (secondary N) is 1. The second-order valence-corrected chi connectivity index (χ2v) is 10.4. The largest absolute Gasteiger partial charge is 0.493 e. The van der Waals surface area contributed by atoms with Gasteiger partial charge in [-0.1, -0.05) is 23.9 Å². The molecular weight excluding hydrogens is 508 g/mol. The van der Waals surface area contributed by atoms with E-state index in [1.807, 2.05) is 51.1 Å². The van der Waals surface area contributed by atoms with E-state index in [4.69, 9.17) is 23.7 Å². The monoisotopic (exact) mass is 538 g/mol. The second kappa shape index (κ2) is 10.5. The average Bonchev–Trinajstić information content (AvgIpc) is 3.21. The fraction of sp³-hybridized carbons (Fsp3) is 0.357. The summed E-state index contributed by atoms with van der Waals surface area (Å²) in [5.74, 6) is 1.71. The molecule has 1 N–H and O–H groups in total. The molecule has 0 saturated carbocycles. The van der Waals surface area contributed by atoms with Crippen LogP contribution in [0.4, 0.5) is 0 Å². The zero-order chi connectivity index (χ0) is 27.0. The number of hydrogen-bond donors (Lipinski definition) is 1. The highest BCUT2D eigenvalue weighted by Crippen LogP contribution is 2.48. The van der Waals surface area contributed by atoms with Gasteiger partial charge < -0.3 is 29.0 Å². The Morgan fingerprint density at radius 3 is 2.58 bits per heavy atom. The van der Waals surface area contributed by atoms with Crippen molar-refractivity contribution in [2.24, 2.45) is 0 Å². The number of esters is 1. The zero-order valence-corrected chi connectivity index (χ0v) is 22.7. The van der Waals surface area contributed by atoms with Crippen LogP contribution in [0, 0.1) is 0 Å². The van der Waals surface area contributed by atoms with Crippen LogP contribution in [0.1, 0.15) is 37.9 Å². The molecule has 10 heteroatoms. The van der Waals surface area contributed by atoms with Crippen LogP contribution in [-0.4, -0.2) is 55.8 Å². The van der Waals surface area contributed by atoms with Crippen LogP contribution in [0.15, 0.2) is 52.6 Å². The Bertz CT molecular complexity index is 1340. The smallest absolute Gasteiger partial charge is 0.337 e. The maximum Gasteiger partial charge on any atom is 0.337 e. The van der Waals surface area contributed by atoms with Gasteiger partial charge in [0, 0.05) is 5.70 Å². The van der Waals surface area contributed by atoms with E-state index in [0.717, 1.165) is 5.56 Å². The first-order valence-corrected chi connectivity index (χ1v) is 13.2. The maximum absolute atomic E-state index is 13.9. The highest BCUT2D eigenvalue weighted by Gasteiger charge is 2.48. The minimum Gasteiger partial charge on any atom is -0.493 e. The van der Waals surface area contributed by atoms with Crippen LogP contribution in [-0.2, 0) is 14.3 Å². The fourth-order valence-electron chi connectivity index (χ4n) is 4.72. The van der Waals surface area contributed by atoms with Crippen LogP contribution >= 0.6 is 11.8 Å². The highest BCUT2D eigenvalue weighted by atomic mass is 32.2. The van der Waals surface area contributed by atoms with Crippen molar-refractivity contribution in [3.05, 3.63) is 63.7 Å². The SMILES string of the molecule is COC(=O)C1=C(C)NC2SC(=Cc3ccc4c(c3)OCCO4)C(=O)N2C1c1ccc(OC(C)C)c(OC)c1. The fourth-order valence-corrected chi connectivity index (χ4v) is 5.94. The van der Waals surface area contributed by atoms with Crippen molar-refractivity contribution in [3.63, 3.8) is 0 Å². The van der Waals surface area contributed by atoms with Crippen LogP contribution < -0.4 is 24.3 Å². The van der Waals surface area contributed by atoms with Crippen molar-refractivity contribution in [2.75, 3.05) is 27.4 Å². The summed E-state index contributed by atoms with van der Waals surface area (Å²) in [5.41, 5.74) is 2.11. The van der Waals surface area contributed by atoms with Gasteiger partial charge in [-0.15, -0.1) is 0 Å². The Morgan fingerprint density at radius 2 is 1.87 bits per heavy atom. The van der Waals surface area contributed by atoms with Gasteiger partial charge in [-0.05, 0) is 62.2 Å². The third-order valence-corrected chi connectivity index (χ3v) is 7.48. The number of hydrogen-bond acceptors (Lipinski definition) is 9. The van der Waals surface area contributed by atoms with Crippen molar-refractivity contribution in [1.82, 2.24) is 10.2 Å². The van der Waals surface area contributed by atoms with Crippen molar-refractivity contribution < 1.29 is 33.3 Å². The molecule has 0 spiro atoms. The number of thioether (sulfide) groups is 1. The third kappa shape index (κ3) is 4.76. The summed E-state index contributed by atoms with van der Waals surface area (Å²) in [6, 6.07) is 10.4. The Morgan fingerprint density at radius 1 is 1.11 bits per heavy atom. The lowest BCUT2D eigenvalue weighted by Gasteiger charge is -2.39. The van der Waals surface area contributed by atoms with E-state index in [0.29, 0.717) is 58.0 Å². The van der Waals surface area contributed by atoms with Gasteiger partial charge in [0.2, 0.25) is 0 Å². The average molecular weight is 539 g/mol. The van der Waals surface area contributed by atoms with Crippen LogP contribution in [0.3, 0.4) is 0 Å². The van der Waals surface area contributed by atoms with E-state index >= 15 is 0 Å². The summed E-state index contributed by atoms with van der Waals surface area (Å²) < 4.78 is 27.9. The summed E-state index contributed by atoms with van der Waals surface area (Å²) in [7, 11) is 2.89. The van der Waals surface area contributed by atoms with Crippen LogP contribution in [0.25, 0.3) is 6.08 Å². The van der Waals surface area contributed by atoms with Gasteiger partial charge in [-0.3, -0.25) is 9.69 Å². The quantitative estimate of drug-likeness (QED) is 0.428. The number of methoxy groups -OCH3 is 2. The number of carbonyl (C=O) groups excluding carboxylic acids is 2. The number of ether oxygens (including phenoxy) is 5. The Balaban J connectivity index is 1.54. The molecule has 3 aliphatic rings. The van der Waals surface area contributed by atoms with Crippen LogP contribution in [0.5, 0.6) is 23.0 Å².